The molecule has 0 aromatic carbocycles. The molecule has 4 heterocycles. The van der Waals surface area contributed by atoms with Crippen LogP contribution in [0, 0.1) is 5.95 Å². The summed E-state index contributed by atoms with van der Waals surface area (Å²) >= 11 is 1.45. The molecular weight excluding hydrogens is 291 g/mol. The number of ether oxygens (including phenoxy) is 1. The third-order valence-electron chi connectivity index (χ3n) is 3.12. The molecule has 0 radical (unpaired) electrons. The quantitative estimate of drug-likeness (QED) is 0.534. The Labute approximate surface area is 122 Å². The third-order valence-corrected chi connectivity index (χ3v) is 4.09. The first-order valence-electron chi connectivity index (χ1n) is 6.20. The molecule has 0 unspecified atom stereocenters. The molecule has 0 aliphatic heterocycles. The Hall–Kier alpha value is -2.54. The first-order chi connectivity index (χ1) is 10.2. The summed E-state index contributed by atoms with van der Waals surface area (Å²) < 4.78 is 20.2. The third kappa shape index (κ3) is 1.93. The van der Waals surface area contributed by atoms with Crippen molar-refractivity contribution in [3.8, 4) is 17.3 Å². The number of aromatic nitrogens is 4. The lowest BCUT2D eigenvalue weighted by Gasteiger charge is -1.97. The summed E-state index contributed by atoms with van der Waals surface area (Å²) in [4.78, 5) is 14.3. The summed E-state index contributed by atoms with van der Waals surface area (Å²) in [5.41, 5.74) is 2.09. The molecule has 0 aliphatic carbocycles. The molecule has 4 aromatic heterocycles. The van der Waals surface area contributed by atoms with Crippen LogP contribution < -0.4 is 4.74 Å². The number of hydrogen-bond donors (Lipinski definition) is 0. The van der Waals surface area contributed by atoms with Gasteiger partial charge in [-0.15, -0.1) is 0 Å². The van der Waals surface area contributed by atoms with E-state index in [-0.39, 0.29) is 0 Å². The van der Waals surface area contributed by atoms with Gasteiger partial charge in [-0.25, -0.2) is 15.0 Å². The van der Waals surface area contributed by atoms with Gasteiger partial charge in [-0.2, -0.15) is 4.39 Å². The maximum atomic E-state index is 13.2. The zero-order valence-corrected chi connectivity index (χ0v) is 11.8. The van der Waals surface area contributed by atoms with Gasteiger partial charge in [-0.3, -0.25) is 4.40 Å². The Morgan fingerprint density at radius 3 is 2.81 bits per heavy atom. The van der Waals surface area contributed by atoms with E-state index in [1.54, 1.807) is 25.3 Å². The predicted molar refractivity (Wildman–Crippen MR) is 78.1 cm³/mol. The Bertz CT molecular complexity index is 962. The van der Waals surface area contributed by atoms with E-state index in [1.165, 1.54) is 17.4 Å². The normalized spacial score (nSPS) is 11.3. The van der Waals surface area contributed by atoms with E-state index >= 15 is 0 Å². The van der Waals surface area contributed by atoms with Crippen molar-refractivity contribution in [3.63, 3.8) is 0 Å². The van der Waals surface area contributed by atoms with Crippen molar-refractivity contribution in [3.05, 3.63) is 42.5 Å². The highest BCUT2D eigenvalue weighted by Gasteiger charge is 2.12. The second-order valence-corrected chi connectivity index (χ2v) is 5.36. The molecule has 0 saturated heterocycles. The maximum absolute atomic E-state index is 13.2. The number of thiazole rings is 1. The number of methoxy groups -OCH3 is 1. The van der Waals surface area contributed by atoms with Crippen molar-refractivity contribution in [2.24, 2.45) is 0 Å². The Morgan fingerprint density at radius 1 is 1.10 bits per heavy atom. The fraction of sp³-hybridized carbons (Fsp3) is 0.0714. The molecule has 0 bridgehead atoms. The Morgan fingerprint density at radius 2 is 2.00 bits per heavy atom. The zero-order valence-electron chi connectivity index (χ0n) is 10.9. The van der Waals surface area contributed by atoms with Gasteiger partial charge in [-0.05, 0) is 18.2 Å². The van der Waals surface area contributed by atoms with Gasteiger partial charge < -0.3 is 4.74 Å². The molecule has 0 spiro atoms. The van der Waals surface area contributed by atoms with E-state index in [0.29, 0.717) is 17.3 Å². The second kappa shape index (κ2) is 4.49. The van der Waals surface area contributed by atoms with Crippen LogP contribution in [-0.2, 0) is 0 Å². The number of imidazole rings is 1. The van der Waals surface area contributed by atoms with Crippen molar-refractivity contribution in [1.29, 1.82) is 0 Å². The SMILES string of the molecule is COc1ccc2c(n1)sc1nc(-c3cccc(F)n3)cn12. The highest BCUT2D eigenvalue weighted by Crippen LogP contribution is 2.29. The van der Waals surface area contributed by atoms with Gasteiger partial charge in [0.25, 0.3) is 0 Å². The van der Waals surface area contributed by atoms with Gasteiger partial charge in [0.1, 0.15) is 10.5 Å². The van der Waals surface area contributed by atoms with Gasteiger partial charge in [-0.1, -0.05) is 17.4 Å². The highest BCUT2D eigenvalue weighted by molar-refractivity contribution is 7.23. The minimum absolute atomic E-state index is 0.514. The number of rotatable bonds is 2. The molecule has 0 amide bonds. The summed E-state index contributed by atoms with van der Waals surface area (Å²) in [7, 11) is 1.58. The predicted octanol–water partition coefficient (Wildman–Crippen LogP) is 3.15. The van der Waals surface area contributed by atoms with Crippen molar-refractivity contribution >= 4 is 26.6 Å². The lowest BCUT2D eigenvalue weighted by molar-refractivity contribution is 0.400. The summed E-state index contributed by atoms with van der Waals surface area (Å²) in [6, 6.07) is 8.39. The Kier molecular flexibility index (Phi) is 2.61. The van der Waals surface area contributed by atoms with Crippen LogP contribution in [0.3, 0.4) is 0 Å². The minimum atomic E-state index is -0.514. The van der Waals surface area contributed by atoms with Crippen LogP contribution in [-0.4, -0.2) is 26.5 Å². The fourth-order valence-electron chi connectivity index (χ4n) is 2.16. The summed E-state index contributed by atoms with van der Waals surface area (Å²) in [6.07, 6.45) is 1.84. The standard InChI is InChI=1S/C14H9FN4OS/c1-20-12-6-5-10-13(18-12)21-14-17-9(7-19(10)14)8-3-2-4-11(15)16-8/h2-7H,1H3. The molecule has 4 aromatic rings. The van der Waals surface area contributed by atoms with Gasteiger partial charge in [0.15, 0.2) is 4.96 Å². The van der Waals surface area contributed by atoms with Crippen LogP contribution >= 0.6 is 11.3 Å². The lowest BCUT2D eigenvalue weighted by Crippen LogP contribution is -1.87. The van der Waals surface area contributed by atoms with E-state index < -0.39 is 5.95 Å². The van der Waals surface area contributed by atoms with Gasteiger partial charge in [0.2, 0.25) is 11.8 Å². The molecule has 0 N–H and O–H groups in total. The monoisotopic (exact) mass is 300 g/mol. The Balaban J connectivity index is 1.91. The van der Waals surface area contributed by atoms with Crippen molar-refractivity contribution < 1.29 is 9.13 Å². The van der Waals surface area contributed by atoms with Crippen LogP contribution in [0.5, 0.6) is 5.88 Å². The van der Waals surface area contributed by atoms with Gasteiger partial charge in [0, 0.05) is 12.3 Å². The topological polar surface area (TPSA) is 52.3 Å². The van der Waals surface area contributed by atoms with E-state index in [9.17, 15) is 4.39 Å². The van der Waals surface area contributed by atoms with Crippen molar-refractivity contribution in [1.82, 2.24) is 19.4 Å². The molecule has 104 valence electrons. The summed E-state index contributed by atoms with van der Waals surface area (Å²) in [5, 5.41) is 0. The van der Waals surface area contributed by atoms with E-state index in [0.717, 1.165) is 15.3 Å². The molecule has 0 saturated carbocycles. The summed E-state index contributed by atoms with van der Waals surface area (Å²) in [6.45, 7) is 0. The van der Waals surface area contributed by atoms with Crippen LogP contribution in [0.1, 0.15) is 0 Å². The average Bonchev–Trinajstić information content (AvgIpc) is 3.04. The molecule has 0 fully saturated rings. The van der Waals surface area contributed by atoms with E-state index in [4.69, 9.17) is 4.74 Å². The zero-order chi connectivity index (χ0) is 14.4. The van der Waals surface area contributed by atoms with Crippen LogP contribution in [0.15, 0.2) is 36.5 Å². The average molecular weight is 300 g/mol. The van der Waals surface area contributed by atoms with Crippen LogP contribution in [0.4, 0.5) is 4.39 Å². The lowest BCUT2D eigenvalue weighted by atomic mass is 10.3. The number of fused-ring (bicyclic) bond motifs is 3. The molecule has 4 rings (SSSR count). The first-order valence-corrected chi connectivity index (χ1v) is 7.02. The summed E-state index contributed by atoms with van der Waals surface area (Å²) in [5.74, 6) is 0.0548. The number of hydrogen-bond acceptors (Lipinski definition) is 5. The smallest absolute Gasteiger partial charge is 0.214 e. The molecule has 0 atom stereocenters. The largest absolute Gasteiger partial charge is 0.481 e. The van der Waals surface area contributed by atoms with Crippen molar-refractivity contribution in [2.45, 2.75) is 0 Å². The second-order valence-electron chi connectivity index (χ2n) is 4.40. The van der Waals surface area contributed by atoms with Gasteiger partial charge >= 0.3 is 0 Å². The van der Waals surface area contributed by atoms with E-state index in [1.807, 2.05) is 16.7 Å². The maximum Gasteiger partial charge on any atom is 0.214 e. The first kappa shape index (κ1) is 12.2. The van der Waals surface area contributed by atoms with Crippen LogP contribution in [0.2, 0.25) is 0 Å². The van der Waals surface area contributed by atoms with Crippen LogP contribution in [0.25, 0.3) is 26.7 Å². The minimum Gasteiger partial charge on any atom is -0.481 e. The van der Waals surface area contributed by atoms with E-state index in [2.05, 4.69) is 15.0 Å². The highest BCUT2D eigenvalue weighted by atomic mass is 32.1. The number of pyridine rings is 2. The van der Waals surface area contributed by atoms with Gasteiger partial charge in [0.05, 0.1) is 18.3 Å². The molecule has 0 aliphatic rings. The molecular formula is C14H9FN4OS. The number of nitrogens with zero attached hydrogens (tertiary/aromatic N) is 4. The molecule has 5 nitrogen and oxygen atoms in total. The number of halogens is 1. The molecule has 7 heteroatoms. The molecule has 21 heavy (non-hydrogen) atoms. The van der Waals surface area contributed by atoms with Crippen molar-refractivity contribution in [2.75, 3.05) is 7.11 Å². The fourth-order valence-corrected chi connectivity index (χ4v) is 3.13.